The van der Waals surface area contributed by atoms with Crippen molar-refractivity contribution in [3.05, 3.63) is 24.4 Å². The molecule has 1 rings (SSSR count). The molecule has 0 bridgehead atoms. The maximum Gasteiger partial charge on any atom is 0.326 e. The molecule has 5 N–H and O–H groups in total. The summed E-state index contributed by atoms with van der Waals surface area (Å²) in [5.74, 6) is -8.95. The molecular formula is C56H97N11O12. The van der Waals surface area contributed by atoms with Gasteiger partial charge in [-0.25, -0.2) is 9.59 Å². The Kier molecular flexibility index (Phi) is 27.6. The minimum absolute atomic E-state index is 0.0173. The third-order valence-electron chi connectivity index (χ3n) is 14.3. The van der Waals surface area contributed by atoms with Crippen molar-refractivity contribution in [2.45, 2.75) is 189 Å². The number of allylic oxidation sites excluding steroid dienone is 2. The van der Waals surface area contributed by atoms with Crippen molar-refractivity contribution < 1.29 is 57.8 Å². The fourth-order valence-corrected chi connectivity index (χ4v) is 9.27. The minimum atomic E-state index is -1.57. The third-order valence-corrected chi connectivity index (χ3v) is 14.3. The van der Waals surface area contributed by atoms with Crippen LogP contribution in [0.15, 0.2) is 24.4 Å². The lowest BCUT2D eigenvalue weighted by atomic mass is 9.94. The van der Waals surface area contributed by atoms with Gasteiger partial charge in [0.15, 0.2) is 0 Å². The van der Waals surface area contributed by atoms with Crippen LogP contribution in [-0.2, 0) is 43.2 Å². The Bertz CT molecular complexity index is 2240. The number of aliphatic hydroxyl groups is 1. The highest BCUT2D eigenvalue weighted by molar-refractivity contribution is 6.04. The van der Waals surface area contributed by atoms with Crippen LogP contribution >= 0.6 is 0 Å². The largest absolute Gasteiger partial charge is 0.390 e. The highest BCUT2D eigenvalue weighted by Gasteiger charge is 2.43. The van der Waals surface area contributed by atoms with Crippen LogP contribution < -0.4 is 21.3 Å². The molecule has 1 unspecified atom stereocenters. The van der Waals surface area contributed by atoms with Crippen molar-refractivity contribution in [2.75, 3.05) is 49.3 Å². The van der Waals surface area contributed by atoms with Gasteiger partial charge in [-0.2, -0.15) is 0 Å². The summed E-state index contributed by atoms with van der Waals surface area (Å²) >= 11 is 0. The standard InChI is InChI=1S/C56H97N11O12/c1-23-25-26-35(11)29-40-47(70)58-38(24-2)50(73)61(16)37(13)49(72)64(19)42(30-56(14,15)79)48(71)59-43(33(7)8)52(75)62(17)39(27-31(3)4)46(69)57-36(12)45(68)60-54(77)65(20)41(28-32(5)6)51(74)67(22)55(78)66(21)44(34(9)10)53(76)63(40)18/h23,25,31-36,38-44,79H,13,24,26-30H2,1-12,14-22H3,(H,57,69)(H,58,70)(H,59,71)(H,60,68,77)/b25-23+/t35-,36+,38+,39-,40?,41-,42+,43+,44+/m1/s1. The maximum absolute atomic E-state index is 14.8. The number of likely N-dealkylation sites (N-methyl/N-ethyl adjacent to an activating group) is 7. The Labute approximate surface area is 470 Å². The first kappa shape index (κ1) is 70.6. The molecule has 1 aliphatic rings. The van der Waals surface area contributed by atoms with E-state index < -0.39 is 137 Å². The smallest absolute Gasteiger partial charge is 0.326 e. The molecule has 448 valence electrons. The topological polar surface area (TPSA) is 279 Å². The molecule has 79 heavy (non-hydrogen) atoms. The Morgan fingerprint density at radius 3 is 1.56 bits per heavy atom. The molecule has 1 saturated heterocycles. The summed E-state index contributed by atoms with van der Waals surface area (Å²) in [5, 5.41) is 21.4. The zero-order valence-electron chi connectivity index (χ0n) is 51.2. The number of carbonyl (C=O) groups excluding carboxylic acids is 11. The molecule has 0 aromatic heterocycles. The molecule has 1 fully saturated rings. The van der Waals surface area contributed by atoms with Crippen LogP contribution in [0.1, 0.15) is 135 Å². The first-order valence-corrected chi connectivity index (χ1v) is 27.4. The van der Waals surface area contributed by atoms with Gasteiger partial charge in [-0.1, -0.05) is 88.0 Å². The van der Waals surface area contributed by atoms with Crippen LogP contribution in [0.5, 0.6) is 0 Å². The van der Waals surface area contributed by atoms with Crippen molar-refractivity contribution in [3.63, 3.8) is 0 Å². The summed E-state index contributed by atoms with van der Waals surface area (Å²) in [4.78, 5) is 165. The Hall–Kier alpha value is -6.39. The van der Waals surface area contributed by atoms with E-state index >= 15 is 0 Å². The summed E-state index contributed by atoms with van der Waals surface area (Å²) in [6.45, 7) is 27.3. The zero-order valence-corrected chi connectivity index (χ0v) is 51.2. The SMILES string of the molecule is C=C1C(=O)N(C)[C@@H](CC(C)(C)O)C(=O)N[C@@H](C(C)C)C(=O)N(C)[C@H](CC(C)C)C(=O)N[C@@H](C)C(=O)NC(=O)N(C)[C@H](CC(C)C)C(=O)N(C)C(=O)N(C)[C@@H](C(C)C)C(=O)N(C)C(C[C@H](C)C/C=C/C)C(=O)N[C@@H](CC)C(=O)N1C. The van der Waals surface area contributed by atoms with Crippen molar-refractivity contribution >= 4 is 65.2 Å². The van der Waals surface area contributed by atoms with Gasteiger partial charge in [-0.15, -0.1) is 0 Å². The van der Waals surface area contributed by atoms with Crippen molar-refractivity contribution in [2.24, 2.45) is 29.6 Å². The molecule has 0 aromatic rings. The number of amides is 13. The van der Waals surface area contributed by atoms with Gasteiger partial charge in [0.2, 0.25) is 41.4 Å². The number of nitrogens with one attached hydrogen (secondary N) is 4. The van der Waals surface area contributed by atoms with Crippen molar-refractivity contribution in [1.29, 1.82) is 0 Å². The number of rotatable bonds is 13. The van der Waals surface area contributed by atoms with E-state index in [4.69, 9.17) is 0 Å². The number of urea groups is 2. The third kappa shape index (κ3) is 19.7. The molecule has 23 heteroatoms. The molecule has 0 aromatic carbocycles. The van der Waals surface area contributed by atoms with E-state index in [1.807, 2.05) is 39.8 Å². The number of nitrogens with zero attached hydrogens (tertiary/aromatic N) is 7. The highest BCUT2D eigenvalue weighted by atomic mass is 16.3. The van der Waals surface area contributed by atoms with Gasteiger partial charge in [0.25, 0.3) is 11.8 Å². The van der Waals surface area contributed by atoms with E-state index in [-0.39, 0.29) is 49.9 Å². The predicted molar refractivity (Wildman–Crippen MR) is 301 cm³/mol. The van der Waals surface area contributed by atoms with Gasteiger partial charge in [0, 0.05) is 55.8 Å². The molecule has 13 amide bonds. The molecule has 1 aliphatic heterocycles. The van der Waals surface area contributed by atoms with E-state index in [2.05, 4.69) is 27.8 Å². The van der Waals surface area contributed by atoms with Crippen LogP contribution in [0.3, 0.4) is 0 Å². The number of hydrogen-bond acceptors (Lipinski definition) is 12. The van der Waals surface area contributed by atoms with Crippen LogP contribution in [0.25, 0.3) is 0 Å². The second-order valence-electron chi connectivity index (χ2n) is 23.5. The van der Waals surface area contributed by atoms with Crippen LogP contribution in [0.4, 0.5) is 9.59 Å². The fourth-order valence-electron chi connectivity index (χ4n) is 9.27. The maximum atomic E-state index is 14.8. The van der Waals surface area contributed by atoms with Crippen molar-refractivity contribution in [3.8, 4) is 0 Å². The van der Waals surface area contributed by atoms with Gasteiger partial charge in [-0.05, 0) is 89.4 Å². The summed E-state index contributed by atoms with van der Waals surface area (Å²) in [7, 11) is 9.15. The Morgan fingerprint density at radius 1 is 0.582 bits per heavy atom. The minimum Gasteiger partial charge on any atom is -0.390 e. The molecular weight excluding hydrogens is 1020 g/mol. The normalized spacial score (nSPS) is 25.5. The van der Waals surface area contributed by atoms with Crippen LogP contribution in [-0.4, -0.2) is 208 Å². The van der Waals surface area contributed by atoms with Gasteiger partial charge < -0.3 is 50.5 Å². The van der Waals surface area contributed by atoms with Gasteiger partial charge >= 0.3 is 12.1 Å². The van der Waals surface area contributed by atoms with Gasteiger partial charge in [0.1, 0.15) is 54.0 Å². The lowest BCUT2D eigenvalue weighted by Gasteiger charge is -2.39. The zero-order chi connectivity index (χ0) is 61.5. The number of imide groups is 2. The molecule has 0 radical (unpaired) electrons. The lowest BCUT2D eigenvalue weighted by Crippen LogP contribution is -2.61. The van der Waals surface area contributed by atoms with Gasteiger partial charge in [-0.3, -0.25) is 53.4 Å². The fraction of sp³-hybridized carbons (Fsp3) is 0.732. The van der Waals surface area contributed by atoms with E-state index in [1.54, 1.807) is 48.5 Å². The summed E-state index contributed by atoms with van der Waals surface area (Å²) < 4.78 is 0. The first-order valence-electron chi connectivity index (χ1n) is 27.4. The lowest BCUT2D eigenvalue weighted by molar-refractivity contribution is -0.146. The van der Waals surface area contributed by atoms with E-state index in [0.29, 0.717) is 6.42 Å². The highest BCUT2D eigenvalue weighted by Crippen LogP contribution is 2.24. The van der Waals surface area contributed by atoms with E-state index in [9.17, 15) is 57.8 Å². The first-order chi connectivity index (χ1) is 36.3. The summed E-state index contributed by atoms with van der Waals surface area (Å²) in [6.07, 6.45) is 4.20. The van der Waals surface area contributed by atoms with Crippen molar-refractivity contribution in [1.82, 2.24) is 55.6 Å². The molecule has 9 atom stereocenters. The van der Waals surface area contributed by atoms with E-state index in [0.717, 1.165) is 29.4 Å². The molecule has 0 saturated carbocycles. The molecule has 23 nitrogen and oxygen atoms in total. The Morgan fingerprint density at radius 2 is 1.08 bits per heavy atom. The number of carbonyl (C=O) groups is 11. The second kappa shape index (κ2) is 30.8. The molecule has 1 heterocycles. The van der Waals surface area contributed by atoms with Crippen LogP contribution in [0, 0.1) is 29.6 Å². The average Bonchev–Trinajstić information content (AvgIpc) is 3.36. The average molecular weight is 1120 g/mol. The summed E-state index contributed by atoms with van der Waals surface area (Å²) in [5.41, 5.74) is -1.97. The monoisotopic (exact) mass is 1120 g/mol. The molecule has 0 aliphatic carbocycles. The predicted octanol–water partition coefficient (Wildman–Crippen LogP) is 3.31. The molecule has 0 spiro atoms. The quantitative estimate of drug-likeness (QED) is 0.131. The van der Waals surface area contributed by atoms with Crippen LogP contribution in [0.2, 0.25) is 0 Å². The number of hydrogen-bond donors (Lipinski definition) is 5. The second-order valence-corrected chi connectivity index (χ2v) is 23.5. The Balaban J connectivity index is 4.24. The van der Waals surface area contributed by atoms with E-state index in [1.165, 1.54) is 75.0 Å². The van der Waals surface area contributed by atoms with Gasteiger partial charge in [0.05, 0.1) is 5.60 Å². The summed E-state index contributed by atoms with van der Waals surface area (Å²) in [6, 6.07) is -12.3.